The highest BCUT2D eigenvalue weighted by Crippen LogP contribution is 2.45. The van der Waals surface area contributed by atoms with Crippen LogP contribution in [0.5, 0.6) is 0 Å². The van der Waals surface area contributed by atoms with E-state index in [9.17, 15) is 0 Å². The Morgan fingerprint density at radius 3 is 1.16 bits per heavy atom. The number of anilines is 3. The lowest BCUT2D eigenvalue weighted by Crippen LogP contribution is -2.11. The molecule has 0 N–H and O–H groups in total. The molecule has 9 aromatic rings. The Balaban J connectivity index is 1.24. The zero-order chi connectivity index (χ0) is 36.8. The second-order valence-electron chi connectivity index (χ2n) is 13.8. The maximum absolute atomic E-state index is 2.41. The van der Waals surface area contributed by atoms with Crippen LogP contribution in [0.2, 0.25) is 0 Å². The highest BCUT2D eigenvalue weighted by Gasteiger charge is 2.20. The van der Waals surface area contributed by atoms with Gasteiger partial charge >= 0.3 is 0 Å². The lowest BCUT2D eigenvalue weighted by molar-refractivity contribution is 1.28. The van der Waals surface area contributed by atoms with E-state index in [4.69, 9.17) is 0 Å². The van der Waals surface area contributed by atoms with E-state index in [1.165, 1.54) is 55.6 Å². The first-order chi connectivity index (χ1) is 27.3. The maximum atomic E-state index is 2.41. The van der Waals surface area contributed by atoms with Crippen molar-refractivity contribution in [3.63, 3.8) is 0 Å². The van der Waals surface area contributed by atoms with Crippen LogP contribution in [0, 0.1) is 0 Å². The average Bonchev–Trinajstić information content (AvgIpc) is 3.28. The van der Waals surface area contributed by atoms with Gasteiger partial charge in [-0.3, -0.25) is 0 Å². The van der Waals surface area contributed by atoms with E-state index in [0.717, 1.165) is 28.2 Å². The molecule has 55 heavy (non-hydrogen) atoms. The van der Waals surface area contributed by atoms with Gasteiger partial charge in [-0.1, -0.05) is 194 Å². The van der Waals surface area contributed by atoms with Gasteiger partial charge in [0.05, 0.1) is 5.69 Å². The third-order valence-corrected chi connectivity index (χ3v) is 10.3. The summed E-state index contributed by atoms with van der Waals surface area (Å²) in [6, 6.07) is 85.1. The Bertz CT molecular complexity index is 2650. The van der Waals surface area contributed by atoms with Crippen LogP contribution in [0.4, 0.5) is 17.1 Å². The molecule has 1 heteroatoms. The van der Waals surface area contributed by atoms with Gasteiger partial charge in [-0.05, 0) is 104 Å². The van der Waals surface area contributed by atoms with Crippen molar-refractivity contribution >= 4 is 17.1 Å². The predicted molar refractivity (Wildman–Crippen MR) is 234 cm³/mol. The Morgan fingerprint density at radius 2 is 0.600 bits per heavy atom. The number of hydrogen-bond donors (Lipinski definition) is 0. The van der Waals surface area contributed by atoms with Crippen molar-refractivity contribution in [1.29, 1.82) is 0 Å². The van der Waals surface area contributed by atoms with Crippen LogP contribution in [0.25, 0.3) is 66.8 Å². The molecule has 0 fully saturated rings. The molecule has 9 aromatic carbocycles. The molecule has 0 amide bonds. The largest absolute Gasteiger partial charge is 0.310 e. The number of nitrogens with zero attached hydrogens (tertiary/aromatic N) is 1. The van der Waals surface area contributed by atoms with Crippen LogP contribution < -0.4 is 4.90 Å². The summed E-state index contributed by atoms with van der Waals surface area (Å²) in [7, 11) is 0. The second kappa shape index (κ2) is 15.4. The molecule has 0 radical (unpaired) electrons. The first-order valence-corrected chi connectivity index (χ1v) is 18.8. The normalized spacial score (nSPS) is 10.9. The van der Waals surface area contributed by atoms with Crippen LogP contribution in [0.3, 0.4) is 0 Å². The Kier molecular flexibility index (Phi) is 9.41. The van der Waals surface area contributed by atoms with Crippen LogP contribution in [0.1, 0.15) is 0 Å². The molecule has 0 saturated heterocycles. The van der Waals surface area contributed by atoms with E-state index in [0.29, 0.717) is 0 Å². The van der Waals surface area contributed by atoms with Gasteiger partial charge in [0.2, 0.25) is 0 Å². The highest BCUT2D eigenvalue weighted by molar-refractivity contribution is 5.94. The van der Waals surface area contributed by atoms with E-state index in [-0.39, 0.29) is 0 Å². The van der Waals surface area contributed by atoms with Crippen molar-refractivity contribution < 1.29 is 0 Å². The predicted octanol–water partition coefficient (Wildman–Crippen LogP) is 15.2. The van der Waals surface area contributed by atoms with Gasteiger partial charge in [-0.25, -0.2) is 0 Å². The van der Waals surface area contributed by atoms with Gasteiger partial charge in [0.15, 0.2) is 0 Å². The third kappa shape index (κ3) is 7.12. The summed E-state index contributed by atoms with van der Waals surface area (Å²) in [4.78, 5) is 2.41. The van der Waals surface area contributed by atoms with Gasteiger partial charge in [-0.15, -0.1) is 0 Å². The molecule has 0 spiro atoms. The summed E-state index contributed by atoms with van der Waals surface area (Å²) in [6.45, 7) is 0. The van der Waals surface area contributed by atoms with Crippen molar-refractivity contribution in [2.45, 2.75) is 0 Å². The molecule has 0 unspecified atom stereocenters. The van der Waals surface area contributed by atoms with Crippen molar-refractivity contribution in [2.24, 2.45) is 0 Å². The molecule has 0 aliphatic rings. The second-order valence-corrected chi connectivity index (χ2v) is 13.8. The van der Waals surface area contributed by atoms with Gasteiger partial charge in [-0.2, -0.15) is 0 Å². The minimum atomic E-state index is 1.09. The lowest BCUT2D eigenvalue weighted by Gasteiger charge is -2.29. The van der Waals surface area contributed by atoms with Gasteiger partial charge in [0, 0.05) is 16.9 Å². The summed E-state index contributed by atoms with van der Waals surface area (Å²) in [5, 5.41) is 0. The molecule has 260 valence electrons. The van der Waals surface area contributed by atoms with Gasteiger partial charge in [0.25, 0.3) is 0 Å². The van der Waals surface area contributed by atoms with Crippen molar-refractivity contribution in [3.05, 3.63) is 237 Å². The minimum absolute atomic E-state index is 1.09. The Morgan fingerprint density at radius 1 is 0.200 bits per heavy atom. The number of rotatable bonds is 9. The van der Waals surface area contributed by atoms with Crippen LogP contribution in [0.15, 0.2) is 237 Å². The maximum Gasteiger partial charge on any atom is 0.0540 e. The smallest absolute Gasteiger partial charge is 0.0540 e. The van der Waals surface area contributed by atoms with Gasteiger partial charge < -0.3 is 4.90 Å². The molecule has 0 aliphatic carbocycles. The van der Waals surface area contributed by atoms with Crippen molar-refractivity contribution in [1.82, 2.24) is 0 Å². The molecule has 1 nitrogen and oxygen atoms in total. The fourth-order valence-electron chi connectivity index (χ4n) is 7.53. The van der Waals surface area contributed by atoms with Gasteiger partial charge in [0.1, 0.15) is 0 Å². The Hall–Kier alpha value is -7.22. The summed E-state index contributed by atoms with van der Waals surface area (Å²) in [5.41, 5.74) is 17.5. The van der Waals surface area contributed by atoms with Crippen LogP contribution in [-0.4, -0.2) is 0 Å². The zero-order valence-electron chi connectivity index (χ0n) is 30.5. The SMILES string of the molecule is c1ccc(-c2ccc(N(c3cccc(-c4ccccc4)c3)c3ccc(-c4ccc(-c5ccccc5)cc4-c4ccccc4)cc3-c3ccccc3)cc2)cc1. The molecule has 9 rings (SSSR count). The van der Waals surface area contributed by atoms with E-state index >= 15 is 0 Å². The number of hydrogen-bond acceptors (Lipinski definition) is 1. The van der Waals surface area contributed by atoms with E-state index < -0.39 is 0 Å². The van der Waals surface area contributed by atoms with Crippen LogP contribution in [-0.2, 0) is 0 Å². The Labute approximate surface area is 324 Å². The van der Waals surface area contributed by atoms with E-state index in [2.05, 4.69) is 241 Å². The zero-order valence-corrected chi connectivity index (χ0v) is 30.5. The molecular weight excluding hydrogens is 663 g/mol. The monoisotopic (exact) mass is 701 g/mol. The fraction of sp³-hybridized carbons (Fsp3) is 0. The third-order valence-electron chi connectivity index (χ3n) is 10.3. The fourth-order valence-corrected chi connectivity index (χ4v) is 7.53. The molecule has 0 bridgehead atoms. The van der Waals surface area contributed by atoms with E-state index in [1.807, 2.05) is 0 Å². The van der Waals surface area contributed by atoms with Crippen LogP contribution >= 0.6 is 0 Å². The first-order valence-electron chi connectivity index (χ1n) is 18.8. The summed E-state index contributed by atoms with van der Waals surface area (Å²) in [6.07, 6.45) is 0. The first kappa shape index (κ1) is 33.6. The molecule has 0 aliphatic heterocycles. The van der Waals surface area contributed by atoms with E-state index in [1.54, 1.807) is 0 Å². The summed E-state index contributed by atoms with van der Waals surface area (Å²) < 4.78 is 0. The molecule has 0 heterocycles. The van der Waals surface area contributed by atoms with Crippen molar-refractivity contribution in [3.8, 4) is 66.8 Å². The molecule has 0 aromatic heterocycles. The summed E-state index contributed by atoms with van der Waals surface area (Å²) in [5.74, 6) is 0. The quantitative estimate of drug-likeness (QED) is 0.145. The standard InChI is InChI=1S/C54H39N/c1-6-17-40(18-7-1)43-29-33-49(34-30-43)55(50-28-16-27-46(37-50)41-19-8-2-9-20-41)54-36-32-48(39-53(54)45-25-14-5-15-26-45)51-35-31-47(42-21-10-3-11-22-42)38-52(51)44-23-12-4-13-24-44/h1-39H. The number of benzene rings is 9. The van der Waals surface area contributed by atoms with Crippen molar-refractivity contribution in [2.75, 3.05) is 4.90 Å². The lowest BCUT2D eigenvalue weighted by atomic mass is 9.89. The minimum Gasteiger partial charge on any atom is -0.310 e. The highest BCUT2D eigenvalue weighted by atomic mass is 15.1. The molecule has 0 saturated carbocycles. The topological polar surface area (TPSA) is 3.24 Å². The average molecular weight is 702 g/mol. The molecule has 0 atom stereocenters. The summed E-state index contributed by atoms with van der Waals surface area (Å²) >= 11 is 0. The molecular formula is C54H39N.